The Morgan fingerprint density at radius 2 is 2.05 bits per heavy atom. The molecule has 1 aliphatic heterocycles. The molecule has 1 aromatic rings. The molecule has 4 heteroatoms. The Morgan fingerprint density at radius 1 is 1.36 bits per heavy atom. The maximum atomic E-state index is 4.67. The Kier molecular flexibility index (Phi) is 5.36. The maximum Gasteiger partial charge on any atom is 0.0943 e. The van der Waals surface area contributed by atoms with E-state index >= 15 is 0 Å². The van der Waals surface area contributed by atoms with Gasteiger partial charge in [0.25, 0.3) is 0 Å². The molecule has 0 aromatic carbocycles. The number of allylic oxidation sites excluding steroid dienone is 2. The molecule has 22 heavy (non-hydrogen) atoms. The lowest BCUT2D eigenvalue weighted by atomic mass is 10.1. The zero-order valence-corrected chi connectivity index (χ0v) is 14.1. The molecule has 0 N–H and O–H groups in total. The Labute approximate surface area is 133 Å². The molecule has 0 radical (unpaired) electrons. The molecule has 0 spiro atoms. The summed E-state index contributed by atoms with van der Waals surface area (Å²) in [4.78, 5) is 6.89. The normalized spacial score (nSPS) is 16.1. The molecule has 0 aliphatic carbocycles. The number of rotatable bonds is 5. The van der Waals surface area contributed by atoms with E-state index in [4.69, 9.17) is 0 Å². The molecule has 2 heterocycles. The highest BCUT2D eigenvalue weighted by Gasteiger charge is 2.14. The van der Waals surface area contributed by atoms with Gasteiger partial charge in [-0.2, -0.15) is 5.10 Å². The second kappa shape index (κ2) is 7.25. The van der Waals surface area contributed by atoms with E-state index in [0.717, 1.165) is 35.6 Å². The SMILES string of the molecule is C=CN(C)/N=C(\C=C(/C)N1CCCC1)c1cc(C)cnc1C. The minimum absolute atomic E-state index is 0.931. The number of likely N-dealkylation sites (tertiary alicyclic amines) is 1. The highest BCUT2D eigenvalue weighted by Crippen LogP contribution is 2.17. The van der Waals surface area contributed by atoms with Crippen molar-refractivity contribution in [2.75, 3.05) is 20.1 Å². The van der Waals surface area contributed by atoms with Crippen LogP contribution in [0.1, 0.15) is 36.6 Å². The number of hydrogen-bond acceptors (Lipinski definition) is 4. The summed E-state index contributed by atoms with van der Waals surface area (Å²) < 4.78 is 0. The van der Waals surface area contributed by atoms with Gasteiger partial charge in [-0.1, -0.05) is 6.58 Å². The average Bonchev–Trinajstić information content (AvgIpc) is 3.03. The zero-order chi connectivity index (χ0) is 16.1. The van der Waals surface area contributed by atoms with Crippen molar-refractivity contribution in [2.45, 2.75) is 33.6 Å². The van der Waals surface area contributed by atoms with Gasteiger partial charge in [0.2, 0.25) is 0 Å². The van der Waals surface area contributed by atoms with Crippen molar-refractivity contribution in [1.82, 2.24) is 14.9 Å². The van der Waals surface area contributed by atoms with Crippen molar-refractivity contribution in [3.05, 3.63) is 53.6 Å². The minimum atomic E-state index is 0.931. The Hall–Kier alpha value is -2.10. The quantitative estimate of drug-likeness (QED) is 0.616. The highest BCUT2D eigenvalue weighted by molar-refractivity contribution is 6.09. The molecule has 0 unspecified atom stereocenters. The van der Waals surface area contributed by atoms with Crippen LogP contribution in [0.5, 0.6) is 0 Å². The summed E-state index contributed by atoms with van der Waals surface area (Å²) in [5, 5.41) is 6.41. The summed E-state index contributed by atoms with van der Waals surface area (Å²) in [5.74, 6) is 0. The molecule has 2 rings (SSSR count). The number of aryl methyl sites for hydroxylation is 2. The molecule has 4 nitrogen and oxygen atoms in total. The Balaban J connectivity index is 2.42. The fraction of sp³-hybridized carbons (Fsp3) is 0.444. The van der Waals surface area contributed by atoms with Gasteiger partial charge >= 0.3 is 0 Å². The van der Waals surface area contributed by atoms with Crippen molar-refractivity contribution < 1.29 is 0 Å². The molecule has 1 aromatic heterocycles. The van der Waals surface area contributed by atoms with Crippen molar-refractivity contribution in [2.24, 2.45) is 5.10 Å². The number of aromatic nitrogens is 1. The lowest BCUT2D eigenvalue weighted by Crippen LogP contribution is -2.19. The van der Waals surface area contributed by atoms with Crippen molar-refractivity contribution in [3.63, 3.8) is 0 Å². The van der Waals surface area contributed by atoms with Crippen molar-refractivity contribution in [1.29, 1.82) is 0 Å². The van der Waals surface area contributed by atoms with Crippen molar-refractivity contribution >= 4 is 5.71 Å². The summed E-state index contributed by atoms with van der Waals surface area (Å²) in [7, 11) is 1.89. The predicted molar refractivity (Wildman–Crippen MR) is 92.8 cm³/mol. The molecule has 1 saturated heterocycles. The summed E-state index contributed by atoms with van der Waals surface area (Å²) in [6, 6.07) is 2.14. The minimum Gasteiger partial charge on any atom is -0.375 e. The molecule has 0 bridgehead atoms. The smallest absolute Gasteiger partial charge is 0.0943 e. The van der Waals surface area contributed by atoms with E-state index in [1.54, 1.807) is 11.2 Å². The third-order valence-corrected chi connectivity index (χ3v) is 3.98. The zero-order valence-electron chi connectivity index (χ0n) is 14.1. The fourth-order valence-corrected chi connectivity index (χ4v) is 2.63. The van der Waals surface area contributed by atoms with Crippen LogP contribution >= 0.6 is 0 Å². The van der Waals surface area contributed by atoms with Gasteiger partial charge < -0.3 is 4.90 Å². The van der Waals surface area contributed by atoms with Crippen LogP contribution in [0.25, 0.3) is 0 Å². The molecule has 0 atom stereocenters. The first-order chi connectivity index (χ1) is 10.5. The standard InChI is InChI=1S/C18H26N4/c1-6-21(5)20-18(12-15(3)22-9-7-8-10-22)17-11-14(2)13-19-16(17)4/h6,11-13H,1,7-10H2,2-5H3/b15-12+,20-18+. The second-order valence-corrected chi connectivity index (χ2v) is 5.87. The predicted octanol–water partition coefficient (Wildman–Crippen LogP) is 3.48. The first-order valence-electron chi connectivity index (χ1n) is 7.82. The lowest BCUT2D eigenvalue weighted by Gasteiger charge is -2.19. The first kappa shape index (κ1) is 16.3. The van der Waals surface area contributed by atoms with E-state index in [1.807, 2.05) is 20.2 Å². The van der Waals surface area contributed by atoms with Gasteiger partial charge in [0.1, 0.15) is 0 Å². The van der Waals surface area contributed by atoms with Gasteiger partial charge in [-0.3, -0.25) is 9.99 Å². The van der Waals surface area contributed by atoms with Crippen LogP contribution < -0.4 is 0 Å². The van der Waals surface area contributed by atoms with Gasteiger partial charge in [-0.15, -0.1) is 0 Å². The van der Waals surface area contributed by atoms with Crippen LogP contribution in [-0.2, 0) is 0 Å². The molecule has 118 valence electrons. The largest absolute Gasteiger partial charge is 0.375 e. The summed E-state index contributed by atoms with van der Waals surface area (Å²) >= 11 is 0. The molecule has 0 saturated carbocycles. The Morgan fingerprint density at radius 3 is 2.68 bits per heavy atom. The van der Waals surface area contributed by atoms with Crippen LogP contribution in [-0.4, -0.2) is 40.7 Å². The fourth-order valence-electron chi connectivity index (χ4n) is 2.63. The van der Waals surface area contributed by atoms with E-state index < -0.39 is 0 Å². The monoisotopic (exact) mass is 298 g/mol. The molecule has 0 amide bonds. The van der Waals surface area contributed by atoms with E-state index in [9.17, 15) is 0 Å². The highest BCUT2D eigenvalue weighted by atomic mass is 15.4. The molecular weight excluding hydrogens is 272 g/mol. The van der Waals surface area contributed by atoms with Crippen molar-refractivity contribution in [3.8, 4) is 0 Å². The maximum absolute atomic E-state index is 4.67. The molecular formula is C18H26N4. The summed E-state index contributed by atoms with van der Waals surface area (Å²) in [5.41, 5.74) is 5.40. The van der Waals surface area contributed by atoms with Crippen LogP contribution in [0.4, 0.5) is 0 Å². The van der Waals surface area contributed by atoms with E-state index in [1.165, 1.54) is 18.5 Å². The summed E-state index contributed by atoms with van der Waals surface area (Å²) in [6.07, 6.45) is 8.31. The van der Waals surface area contributed by atoms with Gasteiger partial charge in [0.05, 0.1) is 5.71 Å². The van der Waals surface area contributed by atoms with E-state index in [0.29, 0.717) is 0 Å². The van der Waals surface area contributed by atoms with Gasteiger partial charge in [-0.05, 0) is 51.3 Å². The number of nitrogens with zero attached hydrogens (tertiary/aromatic N) is 4. The third kappa shape index (κ3) is 3.97. The van der Waals surface area contributed by atoms with Crippen LogP contribution in [0.3, 0.4) is 0 Å². The van der Waals surface area contributed by atoms with Crippen LogP contribution in [0, 0.1) is 13.8 Å². The van der Waals surface area contributed by atoms with Gasteiger partial charge in [0.15, 0.2) is 0 Å². The second-order valence-electron chi connectivity index (χ2n) is 5.87. The molecule has 1 fully saturated rings. The van der Waals surface area contributed by atoms with Gasteiger partial charge in [-0.25, -0.2) is 0 Å². The molecule has 1 aliphatic rings. The number of hydrogen-bond donors (Lipinski definition) is 0. The third-order valence-electron chi connectivity index (χ3n) is 3.98. The average molecular weight is 298 g/mol. The first-order valence-corrected chi connectivity index (χ1v) is 7.82. The van der Waals surface area contributed by atoms with Crippen LogP contribution in [0.15, 0.2) is 41.9 Å². The topological polar surface area (TPSA) is 31.7 Å². The number of hydrazone groups is 1. The number of pyridine rings is 1. The van der Waals surface area contributed by atoms with Gasteiger partial charge in [0, 0.05) is 49.5 Å². The summed E-state index contributed by atoms with van der Waals surface area (Å²) in [6.45, 7) is 12.3. The van der Waals surface area contributed by atoms with Crippen LogP contribution in [0.2, 0.25) is 0 Å². The Bertz CT molecular complexity index is 595. The lowest BCUT2D eigenvalue weighted by molar-refractivity contribution is 0.428. The van der Waals surface area contributed by atoms with E-state index in [2.05, 4.69) is 47.6 Å². The van der Waals surface area contributed by atoms with E-state index in [-0.39, 0.29) is 0 Å².